The average molecular weight is 519 g/mol. The monoisotopic (exact) mass is 519 g/mol. The first-order valence-corrected chi connectivity index (χ1v) is 13.0. The molecule has 2 aliphatic rings. The fourth-order valence-corrected chi connectivity index (χ4v) is 7.37. The largest absolute Gasteiger partial charge is 2.00 e. The van der Waals surface area contributed by atoms with E-state index < -0.39 is 18.7 Å². The summed E-state index contributed by atoms with van der Waals surface area (Å²) in [6.07, 6.45) is 16.2. The zero-order valence-electron chi connectivity index (χ0n) is 18.9. The zero-order chi connectivity index (χ0) is 22.2. The van der Waals surface area contributed by atoms with Crippen LogP contribution >= 0.6 is 7.92 Å². The second-order valence-corrected chi connectivity index (χ2v) is 11.0. The summed E-state index contributed by atoms with van der Waals surface area (Å²) in [5.74, 6) is 0. The third-order valence-electron chi connectivity index (χ3n) is 5.01. The molecule has 2 fully saturated rings. The summed E-state index contributed by atoms with van der Waals surface area (Å²) in [6.45, 7) is 2.05. The van der Waals surface area contributed by atoms with E-state index in [1.165, 1.54) is 21.8 Å². The first-order valence-electron chi connectivity index (χ1n) is 10.5. The topological polar surface area (TPSA) is 17.1 Å². The summed E-state index contributed by atoms with van der Waals surface area (Å²) in [5, 5.41) is 3.46. The van der Waals surface area contributed by atoms with E-state index in [1.54, 1.807) is 0 Å². The molecule has 3 aromatic rings. The van der Waals surface area contributed by atoms with Crippen molar-refractivity contribution in [3.63, 3.8) is 0 Å². The second-order valence-electron chi connectivity index (χ2n) is 7.33. The molecule has 5 heteroatoms. The molecular weight excluding hydrogens is 494 g/mol. The van der Waals surface area contributed by atoms with Crippen LogP contribution in [0.25, 0.3) is 0 Å². The van der Waals surface area contributed by atoms with Gasteiger partial charge in [-0.15, -0.1) is 0 Å². The SMILES string of the molecule is Cc1ccc([S@@](=O)[C]2[CH][CH][CH][C]2P(c2ccccc2)c2ccccc2)cc1.[B].[CH]1[CH][CH][CH][CH]1.[Fe+2]. The van der Waals surface area contributed by atoms with Crippen LogP contribution in [0, 0.1) is 69.2 Å². The van der Waals surface area contributed by atoms with Gasteiger partial charge in [-0.05, 0) is 89.0 Å². The summed E-state index contributed by atoms with van der Waals surface area (Å²) >= 11 is 0. The number of hydrogen-bond donors (Lipinski definition) is 0. The van der Waals surface area contributed by atoms with Gasteiger partial charge in [0.15, 0.2) is 0 Å². The molecule has 5 rings (SSSR count). The van der Waals surface area contributed by atoms with E-state index in [0.29, 0.717) is 0 Å². The third-order valence-corrected chi connectivity index (χ3v) is 9.12. The van der Waals surface area contributed by atoms with Crippen LogP contribution in [0.5, 0.6) is 0 Å². The predicted octanol–water partition coefficient (Wildman–Crippen LogP) is 5.56. The Bertz CT molecular complexity index is 933. The molecule has 2 saturated carbocycles. The van der Waals surface area contributed by atoms with Crippen LogP contribution in [0.2, 0.25) is 0 Å². The molecule has 13 radical (unpaired) electrons. The molecule has 0 unspecified atom stereocenters. The van der Waals surface area contributed by atoms with E-state index in [9.17, 15) is 4.21 Å². The van der Waals surface area contributed by atoms with Gasteiger partial charge in [0.2, 0.25) is 0 Å². The van der Waals surface area contributed by atoms with Gasteiger partial charge in [-0.3, -0.25) is 4.21 Å². The van der Waals surface area contributed by atoms with Crippen LogP contribution in [-0.2, 0) is 27.9 Å². The van der Waals surface area contributed by atoms with Gasteiger partial charge in [-0.2, -0.15) is 0 Å². The molecular formula is C29H25BFeOPS+2. The molecule has 3 aromatic carbocycles. The number of aryl methyl sites for hydroxylation is 1. The molecule has 0 spiro atoms. The smallest absolute Gasteiger partial charge is 0.254 e. The molecule has 0 heterocycles. The summed E-state index contributed by atoms with van der Waals surface area (Å²) < 4.78 is 13.3. The van der Waals surface area contributed by atoms with E-state index in [1.807, 2.05) is 88.3 Å². The predicted molar refractivity (Wildman–Crippen MR) is 143 cm³/mol. The van der Waals surface area contributed by atoms with Crippen LogP contribution < -0.4 is 10.6 Å². The van der Waals surface area contributed by atoms with Crippen LogP contribution in [0.15, 0.2) is 89.8 Å². The van der Waals surface area contributed by atoms with Gasteiger partial charge >= 0.3 is 17.1 Å². The fourth-order valence-electron chi connectivity index (χ4n) is 3.43. The molecule has 0 aliphatic heterocycles. The Kier molecular flexibility index (Phi) is 12.9. The van der Waals surface area contributed by atoms with Crippen molar-refractivity contribution in [2.24, 2.45) is 0 Å². The van der Waals surface area contributed by atoms with Crippen molar-refractivity contribution < 1.29 is 21.3 Å². The van der Waals surface area contributed by atoms with Crippen LogP contribution in [0.3, 0.4) is 0 Å². The van der Waals surface area contributed by atoms with Crippen LogP contribution in [-0.4, -0.2) is 12.6 Å². The molecule has 0 N–H and O–H groups in total. The molecule has 0 bridgehead atoms. The van der Waals surface area contributed by atoms with Gasteiger partial charge in [0.05, 0.1) is 16.0 Å². The number of hydrogen-bond acceptors (Lipinski definition) is 1. The van der Waals surface area contributed by atoms with Crippen molar-refractivity contribution in [3.8, 4) is 0 Å². The maximum Gasteiger partial charge on any atom is 2.00 e. The molecule has 1 nitrogen and oxygen atoms in total. The van der Waals surface area contributed by atoms with Gasteiger partial charge in [-0.1, -0.05) is 78.4 Å². The Hall–Kier alpha value is -1.18. The van der Waals surface area contributed by atoms with Crippen molar-refractivity contribution in [2.45, 2.75) is 11.8 Å². The van der Waals surface area contributed by atoms with Gasteiger partial charge in [0, 0.05) is 19.0 Å². The number of benzene rings is 3. The van der Waals surface area contributed by atoms with E-state index in [4.69, 9.17) is 0 Å². The molecule has 34 heavy (non-hydrogen) atoms. The maximum atomic E-state index is 13.3. The first kappa shape index (κ1) is 29.1. The summed E-state index contributed by atoms with van der Waals surface area (Å²) in [5.41, 5.74) is 2.34. The molecule has 0 aromatic heterocycles. The Morgan fingerprint density at radius 3 is 1.56 bits per heavy atom. The summed E-state index contributed by atoms with van der Waals surface area (Å²) in [6, 6.07) is 29.0. The summed E-state index contributed by atoms with van der Waals surface area (Å²) in [4.78, 5) is 0.851. The molecule has 1 atom stereocenters. The van der Waals surface area contributed by atoms with Crippen LogP contribution in [0.4, 0.5) is 0 Å². The Morgan fingerprint density at radius 2 is 1.09 bits per heavy atom. The van der Waals surface area contributed by atoms with E-state index in [2.05, 4.69) is 55.0 Å². The quantitative estimate of drug-likeness (QED) is 0.319. The minimum atomic E-state index is -1.19. The van der Waals surface area contributed by atoms with E-state index >= 15 is 0 Å². The standard InChI is InChI=1S/C24H20OPS.C5H5.B.Fe/c1-19-15-17-22(18-16-19)27(25)24-14-8-13-23(24)26(20-9-4-2-5-10-20)21-11-6-3-7-12-21;1-2-4-5-3-1;;/h2-18H,1H3;1-5H;;/q;;;+2/t27-;;;/m1.../s1. The maximum absolute atomic E-state index is 13.3. The Labute approximate surface area is 222 Å². The van der Waals surface area contributed by atoms with Gasteiger partial charge in [-0.25, -0.2) is 0 Å². The molecule has 0 saturated heterocycles. The Balaban J connectivity index is 0.000000520. The molecule has 167 valence electrons. The average Bonchev–Trinajstić information content (AvgIpc) is 3.57. The fraction of sp³-hybridized carbons (Fsp3) is 0.0345. The molecule has 0 amide bonds. The van der Waals surface area contributed by atoms with Crippen LogP contribution in [0.1, 0.15) is 5.56 Å². The summed E-state index contributed by atoms with van der Waals surface area (Å²) in [7, 11) is -1.94. The van der Waals surface area contributed by atoms with Crippen molar-refractivity contribution in [2.75, 3.05) is 0 Å². The minimum absolute atomic E-state index is 0. The Morgan fingerprint density at radius 1 is 0.618 bits per heavy atom. The van der Waals surface area contributed by atoms with E-state index in [-0.39, 0.29) is 25.5 Å². The van der Waals surface area contributed by atoms with E-state index in [0.717, 1.165) is 10.1 Å². The van der Waals surface area contributed by atoms with Crippen molar-refractivity contribution in [3.05, 3.63) is 153 Å². The number of rotatable bonds is 5. The zero-order valence-corrected chi connectivity index (χ0v) is 21.7. The van der Waals surface area contributed by atoms with Gasteiger partial charge in [0.25, 0.3) is 0 Å². The minimum Gasteiger partial charge on any atom is -0.254 e. The first-order chi connectivity index (χ1) is 15.7. The van der Waals surface area contributed by atoms with Crippen molar-refractivity contribution in [1.82, 2.24) is 0 Å². The van der Waals surface area contributed by atoms with Crippen molar-refractivity contribution in [1.29, 1.82) is 0 Å². The normalized spacial score (nSPS) is 16.8. The van der Waals surface area contributed by atoms with Gasteiger partial charge < -0.3 is 0 Å². The van der Waals surface area contributed by atoms with Crippen molar-refractivity contribution >= 4 is 37.7 Å². The third kappa shape index (κ3) is 7.66. The second kappa shape index (κ2) is 15.0. The molecule has 2 aliphatic carbocycles. The van der Waals surface area contributed by atoms with Gasteiger partial charge in [0.1, 0.15) is 0 Å².